The van der Waals surface area contributed by atoms with Gasteiger partial charge in [-0.15, -0.1) is 46.2 Å². The van der Waals surface area contributed by atoms with E-state index in [0.29, 0.717) is 5.41 Å². The first-order valence-electron chi connectivity index (χ1n) is 13.4. The molecule has 0 N–H and O–H groups in total. The van der Waals surface area contributed by atoms with Crippen molar-refractivity contribution in [1.82, 2.24) is 0 Å². The summed E-state index contributed by atoms with van der Waals surface area (Å²) >= 11 is 1.67. The summed E-state index contributed by atoms with van der Waals surface area (Å²) < 4.78 is 1.79. The third-order valence-corrected chi connectivity index (χ3v) is 7.68. The van der Waals surface area contributed by atoms with Crippen molar-refractivity contribution < 1.29 is 49.0 Å². The van der Waals surface area contributed by atoms with Gasteiger partial charge in [0.05, 0.1) is 0 Å². The fraction of sp³-hybridized carbons (Fsp3) is 0.371. The second kappa shape index (κ2) is 18.8. The normalized spacial score (nSPS) is 11.8. The molecule has 1 aliphatic carbocycles. The zero-order valence-corrected chi connectivity index (χ0v) is 27.9. The van der Waals surface area contributed by atoms with Crippen LogP contribution in [0.2, 0.25) is 0 Å². The fourth-order valence-corrected chi connectivity index (χ4v) is 4.98. The van der Waals surface area contributed by atoms with Crippen LogP contribution in [0.4, 0.5) is 0 Å². The predicted molar refractivity (Wildman–Crippen MR) is 161 cm³/mol. The molecular weight excluding hydrogens is 583 g/mol. The third-order valence-electron chi connectivity index (χ3n) is 6.45. The van der Waals surface area contributed by atoms with E-state index in [1.54, 1.807) is 27.4 Å². The van der Waals surface area contributed by atoms with Gasteiger partial charge in [0, 0.05) is 0 Å². The number of halogens is 2. The number of hydrogen-bond acceptors (Lipinski definition) is 0. The van der Waals surface area contributed by atoms with Crippen LogP contribution >= 0.6 is 0 Å². The van der Waals surface area contributed by atoms with Crippen molar-refractivity contribution in [3.05, 3.63) is 90.6 Å². The van der Waals surface area contributed by atoms with Crippen LogP contribution in [-0.4, -0.2) is 3.21 Å². The van der Waals surface area contributed by atoms with Gasteiger partial charge >= 0.3 is 79.8 Å². The molecule has 0 bridgehead atoms. The van der Waals surface area contributed by atoms with E-state index in [1.807, 2.05) is 12.2 Å². The van der Waals surface area contributed by atoms with Gasteiger partial charge in [0.25, 0.3) is 0 Å². The van der Waals surface area contributed by atoms with Crippen molar-refractivity contribution in [3.63, 3.8) is 0 Å². The van der Waals surface area contributed by atoms with Crippen molar-refractivity contribution in [3.8, 4) is 0 Å². The Hall–Kier alpha value is -1.40. The number of benzene rings is 2. The second-order valence-corrected chi connectivity index (χ2v) is 12.3. The molecule has 0 radical (unpaired) electrons. The molecule has 0 saturated heterocycles. The third kappa shape index (κ3) is 11.8. The second-order valence-electron chi connectivity index (χ2n) is 10.5. The molecule has 1 aliphatic rings. The summed E-state index contributed by atoms with van der Waals surface area (Å²) in [6.07, 6.45) is 20.6. The van der Waals surface area contributed by atoms with Gasteiger partial charge < -0.3 is 24.8 Å². The zero-order valence-electron chi connectivity index (χ0n) is 24.0. The van der Waals surface area contributed by atoms with Gasteiger partial charge in [-0.3, -0.25) is 6.08 Å². The Morgan fingerprint density at radius 3 is 1.68 bits per heavy atom. The molecule has 0 atom stereocenters. The minimum absolute atomic E-state index is 0. The van der Waals surface area contributed by atoms with Gasteiger partial charge in [0.2, 0.25) is 0 Å². The quantitative estimate of drug-likeness (QED) is 0.315. The predicted octanol–water partition coefficient (Wildman–Crippen LogP) is 4.81. The average Bonchev–Trinajstić information content (AvgIpc) is 3.54. The van der Waals surface area contributed by atoms with Gasteiger partial charge in [-0.25, -0.2) is 6.08 Å². The summed E-state index contributed by atoms with van der Waals surface area (Å²) in [4.78, 5) is 0. The van der Waals surface area contributed by atoms with Gasteiger partial charge in [-0.05, 0) is 11.1 Å². The SMILES string of the molecule is C=Cc1ccc2[cH-]c3ccc(C=C)cc3c2c1.CC(C)(C)C1=CC[C-]=C1.CCCC[C](=[Zr+2])CCCC.[Cl-].[Cl-]. The Kier molecular flexibility index (Phi) is 18.1. The minimum atomic E-state index is 0. The zero-order chi connectivity index (χ0) is 26.6. The summed E-state index contributed by atoms with van der Waals surface area (Å²) in [7, 11) is 0. The smallest absolute Gasteiger partial charge is 1.00 e. The van der Waals surface area contributed by atoms with Crippen molar-refractivity contribution >= 4 is 36.9 Å². The molecule has 0 spiro atoms. The van der Waals surface area contributed by atoms with Gasteiger partial charge in [0.15, 0.2) is 0 Å². The Bertz CT molecular complexity index is 1150. The van der Waals surface area contributed by atoms with E-state index in [9.17, 15) is 0 Å². The number of unbranched alkanes of at least 4 members (excludes halogenated alkanes) is 2. The van der Waals surface area contributed by atoms with E-state index in [-0.39, 0.29) is 24.8 Å². The molecule has 0 unspecified atom stereocenters. The van der Waals surface area contributed by atoms with E-state index >= 15 is 0 Å². The molecule has 4 rings (SSSR count). The molecule has 3 aromatic carbocycles. The molecule has 204 valence electrons. The van der Waals surface area contributed by atoms with Crippen LogP contribution in [-0.2, 0) is 24.2 Å². The van der Waals surface area contributed by atoms with E-state index < -0.39 is 0 Å². The molecule has 0 saturated carbocycles. The summed E-state index contributed by atoms with van der Waals surface area (Å²) in [5, 5.41) is 5.15. The molecule has 0 nitrogen and oxygen atoms in total. The van der Waals surface area contributed by atoms with Crippen molar-refractivity contribution in [2.45, 2.75) is 79.6 Å². The molecule has 0 fully saturated rings. The number of allylic oxidation sites excluding steroid dienone is 4. The van der Waals surface area contributed by atoms with E-state index in [2.05, 4.69) is 108 Å². The van der Waals surface area contributed by atoms with Gasteiger partial charge in [-0.2, -0.15) is 11.6 Å². The molecular formula is C35H44Cl2Zr-2. The van der Waals surface area contributed by atoms with Crippen LogP contribution < -0.4 is 24.8 Å². The molecule has 3 aromatic rings. The first kappa shape index (κ1) is 36.6. The van der Waals surface area contributed by atoms with Crippen molar-refractivity contribution in [2.24, 2.45) is 5.41 Å². The largest absolute Gasteiger partial charge is 1.00 e. The Labute approximate surface area is 259 Å². The van der Waals surface area contributed by atoms with Crippen LogP contribution in [0, 0.1) is 11.5 Å². The maximum Gasteiger partial charge on any atom is -1.00 e. The van der Waals surface area contributed by atoms with Crippen LogP contribution in [0.15, 0.2) is 73.3 Å². The molecule has 38 heavy (non-hydrogen) atoms. The molecule has 0 aliphatic heterocycles. The van der Waals surface area contributed by atoms with Crippen LogP contribution in [0.25, 0.3) is 33.7 Å². The van der Waals surface area contributed by atoms with Crippen LogP contribution in [0.1, 0.15) is 90.7 Å². The van der Waals surface area contributed by atoms with E-state index in [1.165, 1.54) is 65.6 Å². The van der Waals surface area contributed by atoms with E-state index in [0.717, 1.165) is 17.5 Å². The molecule has 0 aromatic heterocycles. The molecule has 0 amide bonds. The van der Waals surface area contributed by atoms with Gasteiger partial charge in [0.1, 0.15) is 0 Å². The summed E-state index contributed by atoms with van der Waals surface area (Å²) in [5.41, 5.74) is 4.06. The summed E-state index contributed by atoms with van der Waals surface area (Å²) in [6.45, 7) is 18.8. The summed E-state index contributed by atoms with van der Waals surface area (Å²) in [6, 6.07) is 15.1. The number of hydrogen-bond donors (Lipinski definition) is 0. The first-order chi connectivity index (χ1) is 17.2. The monoisotopic (exact) mass is 624 g/mol. The van der Waals surface area contributed by atoms with Crippen molar-refractivity contribution in [1.29, 1.82) is 0 Å². The van der Waals surface area contributed by atoms with Crippen LogP contribution in [0.5, 0.6) is 0 Å². The Balaban J connectivity index is 0.000000569. The first-order valence-corrected chi connectivity index (χ1v) is 14.7. The van der Waals surface area contributed by atoms with Crippen molar-refractivity contribution in [2.75, 3.05) is 0 Å². The molecule has 3 heteroatoms. The average molecular weight is 627 g/mol. The number of fused-ring (bicyclic) bond motifs is 3. The number of rotatable bonds is 8. The van der Waals surface area contributed by atoms with Crippen LogP contribution in [0.3, 0.4) is 0 Å². The topological polar surface area (TPSA) is 0 Å². The molecule has 0 heterocycles. The van der Waals surface area contributed by atoms with E-state index in [4.69, 9.17) is 0 Å². The summed E-state index contributed by atoms with van der Waals surface area (Å²) in [5.74, 6) is 0. The Morgan fingerprint density at radius 1 is 0.895 bits per heavy atom. The maximum atomic E-state index is 3.82. The standard InChI is InChI=1S/C17H13.C9H13.C9H18.2ClH.Zr/c1-3-12-5-7-14-11-15-8-6-13(4-2)10-17(15)16(14)9-12;1-9(2,3)8-6-4-5-7-8;1-3-5-7-9-8-6-4-2;;;/h3-11H,1-2H2;6-7H,4H2,1-3H3;3-8H2,1-2H3;2*1H;/q2*-1;;;;+2/p-2. The maximum absolute atomic E-state index is 3.82. The fourth-order valence-electron chi connectivity index (χ4n) is 4.11. The van der Waals surface area contributed by atoms with Gasteiger partial charge in [-0.1, -0.05) is 75.8 Å². The Morgan fingerprint density at radius 2 is 1.37 bits per heavy atom. The minimum Gasteiger partial charge on any atom is -1.00 e.